The molecule has 12 aromatic rings. The zero-order valence-electron chi connectivity index (χ0n) is 33.2. The predicted octanol–water partition coefficient (Wildman–Crippen LogP) is 16.3. The Morgan fingerprint density at radius 1 is 0.344 bits per heavy atom. The van der Waals surface area contributed by atoms with Crippen LogP contribution in [0.4, 0.5) is 17.1 Å². The number of hydrogen-bond donors (Lipinski definition) is 0. The van der Waals surface area contributed by atoms with Crippen molar-refractivity contribution in [1.29, 1.82) is 0 Å². The van der Waals surface area contributed by atoms with Gasteiger partial charge in [-0.05, 0) is 105 Å². The minimum atomic E-state index is 0.849. The molecule has 0 atom stereocenters. The Bertz CT molecular complexity index is 3570. The molecule has 0 aliphatic rings. The molecule has 3 heteroatoms. The van der Waals surface area contributed by atoms with E-state index < -0.39 is 0 Å². The number of hydrogen-bond acceptors (Lipinski definition) is 2. The molecule has 0 bridgehead atoms. The highest BCUT2D eigenvalue weighted by Crippen LogP contribution is 2.48. The van der Waals surface area contributed by atoms with Crippen molar-refractivity contribution in [3.8, 4) is 39.1 Å². The van der Waals surface area contributed by atoms with Crippen LogP contribution in [0.3, 0.4) is 0 Å². The molecule has 0 saturated carbocycles. The van der Waals surface area contributed by atoms with Crippen LogP contribution < -0.4 is 4.90 Å². The lowest BCUT2D eigenvalue weighted by atomic mass is 9.96. The monoisotopic (exact) mass is 778 g/mol. The summed E-state index contributed by atoms with van der Waals surface area (Å²) in [6, 6.07) is 82.8. The van der Waals surface area contributed by atoms with Gasteiger partial charge >= 0.3 is 0 Å². The van der Waals surface area contributed by atoms with E-state index in [0.717, 1.165) is 77.7 Å². The van der Waals surface area contributed by atoms with Crippen molar-refractivity contribution < 1.29 is 4.42 Å². The van der Waals surface area contributed by atoms with E-state index in [1.165, 1.54) is 32.9 Å². The summed E-state index contributed by atoms with van der Waals surface area (Å²) in [5.74, 6) is 0. The summed E-state index contributed by atoms with van der Waals surface area (Å²) in [5, 5.41) is 6.99. The Labute approximate surface area is 353 Å². The van der Waals surface area contributed by atoms with Crippen LogP contribution in [-0.4, -0.2) is 4.57 Å². The first-order valence-corrected chi connectivity index (χ1v) is 20.8. The van der Waals surface area contributed by atoms with Gasteiger partial charge in [-0.3, -0.25) is 0 Å². The van der Waals surface area contributed by atoms with E-state index in [1.807, 2.05) is 0 Å². The maximum atomic E-state index is 6.79. The highest BCUT2D eigenvalue weighted by molar-refractivity contribution is 6.24. The standard InChI is InChI=1S/C58H38N2O/c1-4-15-39(16-5-1)40-29-33-46(34-30-40)59(51-23-12-10-21-47(51)41-17-6-2-7-18-41)53-25-14-26-55-58(53)57-50-37-43(28-27-42(50)32-36-56(57)61-55)44-31-35-49-48-22-11-13-24-52(48)60(54(49)38-44)45-19-8-3-9-20-45/h1-38H. The number of benzene rings is 10. The molecule has 0 aliphatic heterocycles. The molecule has 2 heterocycles. The molecule has 286 valence electrons. The number of fused-ring (bicyclic) bond motifs is 8. The van der Waals surface area contributed by atoms with Crippen LogP contribution in [0.25, 0.3) is 93.6 Å². The fourth-order valence-corrected chi connectivity index (χ4v) is 9.36. The molecule has 0 saturated heterocycles. The van der Waals surface area contributed by atoms with Gasteiger partial charge in [0.2, 0.25) is 0 Å². The Kier molecular flexibility index (Phi) is 8.17. The first-order chi connectivity index (χ1) is 30.3. The topological polar surface area (TPSA) is 21.3 Å². The summed E-state index contributed by atoms with van der Waals surface area (Å²) in [4.78, 5) is 2.41. The van der Waals surface area contributed by atoms with Crippen molar-refractivity contribution in [3.63, 3.8) is 0 Å². The molecule has 10 aromatic carbocycles. The van der Waals surface area contributed by atoms with Crippen molar-refractivity contribution in [1.82, 2.24) is 4.57 Å². The summed E-state index contributed by atoms with van der Waals surface area (Å²) in [6.45, 7) is 0. The van der Waals surface area contributed by atoms with Crippen LogP contribution in [0.5, 0.6) is 0 Å². The maximum Gasteiger partial charge on any atom is 0.137 e. The van der Waals surface area contributed by atoms with Gasteiger partial charge in [-0.2, -0.15) is 0 Å². The molecule has 61 heavy (non-hydrogen) atoms. The highest BCUT2D eigenvalue weighted by atomic mass is 16.3. The number of para-hydroxylation sites is 3. The van der Waals surface area contributed by atoms with Gasteiger partial charge in [-0.15, -0.1) is 0 Å². The third-order valence-electron chi connectivity index (χ3n) is 12.2. The number of nitrogens with zero attached hydrogens (tertiary/aromatic N) is 2. The lowest BCUT2D eigenvalue weighted by Crippen LogP contribution is -2.11. The lowest BCUT2D eigenvalue weighted by Gasteiger charge is -2.28. The van der Waals surface area contributed by atoms with Gasteiger partial charge in [0.25, 0.3) is 0 Å². The van der Waals surface area contributed by atoms with Gasteiger partial charge in [-0.1, -0.05) is 164 Å². The third kappa shape index (κ3) is 5.82. The molecule has 0 N–H and O–H groups in total. The van der Waals surface area contributed by atoms with Crippen molar-refractivity contribution in [3.05, 3.63) is 231 Å². The average molecular weight is 779 g/mol. The zero-order chi connectivity index (χ0) is 40.3. The molecule has 0 unspecified atom stereocenters. The smallest absolute Gasteiger partial charge is 0.137 e. The molecule has 3 nitrogen and oxygen atoms in total. The van der Waals surface area contributed by atoms with Crippen LogP contribution in [-0.2, 0) is 0 Å². The van der Waals surface area contributed by atoms with Gasteiger partial charge in [-0.25, -0.2) is 0 Å². The predicted molar refractivity (Wildman–Crippen MR) is 257 cm³/mol. The summed E-state index contributed by atoms with van der Waals surface area (Å²) < 4.78 is 9.17. The Morgan fingerprint density at radius 2 is 0.934 bits per heavy atom. The van der Waals surface area contributed by atoms with Crippen molar-refractivity contribution in [2.75, 3.05) is 4.90 Å². The van der Waals surface area contributed by atoms with E-state index in [1.54, 1.807) is 0 Å². The van der Waals surface area contributed by atoms with Crippen LogP contribution in [0.15, 0.2) is 235 Å². The van der Waals surface area contributed by atoms with Gasteiger partial charge in [0, 0.05) is 33.1 Å². The SMILES string of the molecule is c1ccc(-c2ccc(N(c3ccccc3-c3ccccc3)c3cccc4oc5ccc6ccc(-c7ccc8c9ccccc9n(-c9ccccc9)c8c7)cc6c5c34)cc2)cc1. The van der Waals surface area contributed by atoms with E-state index in [2.05, 4.69) is 240 Å². The zero-order valence-corrected chi connectivity index (χ0v) is 33.2. The molecule has 0 radical (unpaired) electrons. The first-order valence-electron chi connectivity index (χ1n) is 20.8. The fraction of sp³-hybridized carbons (Fsp3) is 0. The second-order valence-corrected chi connectivity index (χ2v) is 15.7. The van der Waals surface area contributed by atoms with Gasteiger partial charge in [0.1, 0.15) is 11.2 Å². The summed E-state index contributed by atoms with van der Waals surface area (Å²) in [7, 11) is 0. The number of furan rings is 1. The largest absolute Gasteiger partial charge is 0.456 e. The van der Waals surface area contributed by atoms with E-state index in [4.69, 9.17) is 4.42 Å². The maximum absolute atomic E-state index is 6.79. The normalized spacial score (nSPS) is 11.6. The molecule has 0 spiro atoms. The first kappa shape index (κ1) is 34.9. The van der Waals surface area contributed by atoms with Crippen LogP contribution in [0.1, 0.15) is 0 Å². The van der Waals surface area contributed by atoms with Gasteiger partial charge in [0.15, 0.2) is 0 Å². The minimum Gasteiger partial charge on any atom is -0.456 e. The lowest BCUT2D eigenvalue weighted by molar-refractivity contribution is 0.669. The van der Waals surface area contributed by atoms with E-state index in [-0.39, 0.29) is 0 Å². The van der Waals surface area contributed by atoms with Gasteiger partial charge < -0.3 is 13.9 Å². The molecule has 0 aliphatic carbocycles. The van der Waals surface area contributed by atoms with Crippen molar-refractivity contribution in [2.24, 2.45) is 0 Å². The molecular formula is C58H38N2O. The number of rotatable bonds is 7. The summed E-state index contributed by atoms with van der Waals surface area (Å²) in [5.41, 5.74) is 15.4. The Morgan fingerprint density at radius 3 is 1.75 bits per heavy atom. The van der Waals surface area contributed by atoms with Crippen molar-refractivity contribution in [2.45, 2.75) is 0 Å². The summed E-state index contributed by atoms with van der Waals surface area (Å²) >= 11 is 0. The van der Waals surface area contributed by atoms with Crippen molar-refractivity contribution >= 4 is 71.6 Å². The summed E-state index contributed by atoms with van der Waals surface area (Å²) in [6.07, 6.45) is 0. The average Bonchev–Trinajstić information content (AvgIpc) is 3.89. The molecule has 0 amide bonds. The van der Waals surface area contributed by atoms with E-state index in [0.29, 0.717) is 0 Å². The van der Waals surface area contributed by atoms with Crippen LogP contribution in [0, 0.1) is 0 Å². The Hall–Kier alpha value is -8.14. The van der Waals surface area contributed by atoms with E-state index >= 15 is 0 Å². The van der Waals surface area contributed by atoms with Gasteiger partial charge in [0.05, 0.1) is 27.8 Å². The minimum absolute atomic E-state index is 0.849. The quantitative estimate of drug-likeness (QED) is 0.161. The van der Waals surface area contributed by atoms with Crippen LogP contribution >= 0.6 is 0 Å². The second kappa shape index (κ2) is 14.3. The molecular weight excluding hydrogens is 741 g/mol. The second-order valence-electron chi connectivity index (χ2n) is 15.7. The van der Waals surface area contributed by atoms with Crippen LogP contribution in [0.2, 0.25) is 0 Å². The number of aromatic nitrogens is 1. The number of anilines is 3. The van der Waals surface area contributed by atoms with E-state index in [9.17, 15) is 0 Å². The highest BCUT2D eigenvalue weighted by Gasteiger charge is 2.23. The fourth-order valence-electron chi connectivity index (χ4n) is 9.36. The Balaban J connectivity index is 1.08. The third-order valence-corrected chi connectivity index (χ3v) is 12.2. The molecule has 0 fully saturated rings. The molecule has 12 rings (SSSR count). The molecule has 2 aromatic heterocycles.